The van der Waals surface area contributed by atoms with Gasteiger partial charge in [-0.1, -0.05) is 6.07 Å². The molecule has 2 aliphatic rings. The molecule has 176 valence electrons. The summed E-state index contributed by atoms with van der Waals surface area (Å²) in [6.07, 6.45) is 1.90. The molecule has 2 aromatic carbocycles. The Morgan fingerprint density at radius 3 is 2.42 bits per heavy atom. The molecule has 1 fully saturated rings. The van der Waals surface area contributed by atoms with Crippen LogP contribution in [-0.4, -0.2) is 43.7 Å². The molecule has 2 amide bonds. The fraction of sp³-hybridized carbons (Fsp3) is 0.440. The maximum Gasteiger partial charge on any atom is 0.243 e. The molecule has 2 aliphatic heterocycles. The van der Waals surface area contributed by atoms with Gasteiger partial charge in [0.05, 0.1) is 10.8 Å². The topological polar surface area (TPSA) is 86.8 Å². The summed E-state index contributed by atoms with van der Waals surface area (Å²) in [6, 6.07) is 10.9. The minimum absolute atomic E-state index is 0.00350. The number of anilines is 2. The zero-order valence-corrected chi connectivity index (χ0v) is 20.4. The molecule has 0 aromatic heterocycles. The molecule has 33 heavy (non-hydrogen) atoms. The number of aryl methyl sites for hydroxylation is 2. The Morgan fingerprint density at radius 1 is 1.06 bits per heavy atom. The standard InChI is InChI=1S/C25H31N3O4S/c1-16-10-17(2)12-22(11-16)26-25(30)20-6-5-9-27(15-20)33(31,32)23-7-8-24-21(14-23)13-18(3)28(24)19(4)29/h7-8,10-12,14,18,20H,5-6,9,13,15H2,1-4H3,(H,26,30)/t18-,20+/m0/s1. The van der Waals surface area contributed by atoms with E-state index in [0.717, 1.165) is 28.1 Å². The highest BCUT2D eigenvalue weighted by Gasteiger charge is 2.35. The first-order chi connectivity index (χ1) is 15.6. The number of piperidine rings is 1. The average molecular weight is 470 g/mol. The van der Waals surface area contributed by atoms with Gasteiger partial charge in [0.15, 0.2) is 0 Å². The maximum absolute atomic E-state index is 13.4. The van der Waals surface area contributed by atoms with E-state index in [1.807, 2.05) is 39.0 Å². The van der Waals surface area contributed by atoms with Crippen LogP contribution >= 0.6 is 0 Å². The molecular formula is C25H31N3O4S. The summed E-state index contributed by atoms with van der Waals surface area (Å²) < 4.78 is 28.2. The number of hydrogen-bond donors (Lipinski definition) is 1. The second-order valence-electron chi connectivity index (χ2n) is 9.30. The van der Waals surface area contributed by atoms with Gasteiger partial charge >= 0.3 is 0 Å². The molecule has 2 atom stereocenters. The number of benzene rings is 2. The zero-order chi connectivity index (χ0) is 23.9. The van der Waals surface area contributed by atoms with E-state index in [9.17, 15) is 18.0 Å². The SMILES string of the molecule is CC(=O)N1c2ccc(S(=O)(=O)N3CCC[C@@H](C(=O)Nc4cc(C)cc(C)c4)C3)cc2C[C@@H]1C. The molecular weight excluding hydrogens is 438 g/mol. The van der Waals surface area contributed by atoms with Crippen LogP contribution < -0.4 is 10.2 Å². The number of carbonyl (C=O) groups is 2. The summed E-state index contributed by atoms with van der Waals surface area (Å²) in [4.78, 5) is 26.8. The number of amides is 2. The molecule has 8 heteroatoms. The highest BCUT2D eigenvalue weighted by atomic mass is 32.2. The molecule has 0 bridgehead atoms. The van der Waals surface area contributed by atoms with Crippen LogP contribution in [0, 0.1) is 19.8 Å². The molecule has 2 heterocycles. The van der Waals surface area contributed by atoms with E-state index in [2.05, 4.69) is 5.32 Å². The van der Waals surface area contributed by atoms with E-state index >= 15 is 0 Å². The van der Waals surface area contributed by atoms with Crippen molar-refractivity contribution < 1.29 is 18.0 Å². The first kappa shape index (κ1) is 23.4. The molecule has 4 rings (SSSR count). The number of nitrogens with zero attached hydrogens (tertiary/aromatic N) is 2. The van der Waals surface area contributed by atoms with Gasteiger partial charge < -0.3 is 10.2 Å². The van der Waals surface area contributed by atoms with Crippen LogP contribution in [0.1, 0.15) is 43.4 Å². The van der Waals surface area contributed by atoms with Crippen molar-refractivity contribution in [2.24, 2.45) is 5.92 Å². The third-order valence-electron chi connectivity index (χ3n) is 6.49. The van der Waals surface area contributed by atoms with Crippen molar-refractivity contribution in [3.63, 3.8) is 0 Å². The second kappa shape index (κ2) is 8.91. The van der Waals surface area contributed by atoms with Crippen molar-refractivity contribution in [1.82, 2.24) is 4.31 Å². The van der Waals surface area contributed by atoms with Gasteiger partial charge in [0.1, 0.15) is 0 Å². The highest BCUT2D eigenvalue weighted by Crippen LogP contribution is 2.35. The van der Waals surface area contributed by atoms with Crippen LogP contribution in [0.15, 0.2) is 41.3 Å². The first-order valence-corrected chi connectivity index (χ1v) is 12.8. The number of sulfonamides is 1. The molecule has 0 unspecified atom stereocenters. The van der Waals surface area contributed by atoms with Gasteiger partial charge in [-0.05, 0) is 87.1 Å². The Kier molecular flexibility index (Phi) is 6.33. The smallest absolute Gasteiger partial charge is 0.243 e. The van der Waals surface area contributed by atoms with E-state index in [4.69, 9.17) is 0 Å². The molecule has 0 spiro atoms. The van der Waals surface area contributed by atoms with Crippen molar-refractivity contribution in [2.75, 3.05) is 23.3 Å². The van der Waals surface area contributed by atoms with Gasteiger partial charge in [0.25, 0.3) is 0 Å². The highest BCUT2D eigenvalue weighted by molar-refractivity contribution is 7.89. The Morgan fingerprint density at radius 2 is 1.76 bits per heavy atom. The monoisotopic (exact) mass is 469 g/mol. The molecule has 0 radical (unpaired) electrons. The first-order valence-electron chi connectivity index (χ1n) is 11.4. The number of nitrogens with one attached hydrogen (secondary N) is 1. The molecule has 1 N–H and O–H groups in total. The number of hydrogen-bond acceptors (Lipinski definition) is 4. The zero-order valence-electron chi connectivity index (χ0n) is 19.6. The van der Waals surface area contributed by atoms with Crippen molar-refractivity contribution in [3.8, 4) is 0 Å². The molecule has 2 aromatic rings. The van der Waals surface area contributed by atoms with Crippen molar-refractivity contribution in [3.05, 3.63) is 53.1 Å². The lowest BCUT2D eigenvalue weighted by molar-refractivity contribution is -0.121. The van der Waals surface area contributed by atoms with Crippen molar-refractivity contribution in [1.29, 1.82) is 0 Å². The Bertz CT molecular complexity index is 1190. The van der Waals surface area contributed by atoms with Crippen LogP contribution in [0.3, 0.4) is 0 Å². The summed E-state index contributed by atoms with van der Waals surface area (Å²) in [6.45, 7) is 7.98. The van der Waals surface area contributed by atoms with Crippen LogP contribution in [-0.2, 0) is 26.0 Å². The van der Waals surface area contributed by atoms with E-state index in [1.165, 1.54) is 11.2 Å². The second-order valence-corrected chi connectivity index (χ2v) is 11.2. The third kappa shape index (κ3) is 4.68. The Labute approximate surface area is 195 Å². The lowest BCUT2D eigenvalue weighted by Crippen LogP contribution is -2.43. The van der Waals surface area contributed by atoms with Crippen LogP contribution in [0.2, 0.25) is 0 Å². The molecule has 7 nitrogen and oxygen atoms in total. The quantitative estimate of drug-likeness (QED) is 0.741. The fourth-order valence-electron chi connectivity index (χ4n) is 5.06. The minimum Gasteiger partial charge on any atom is -0.326 e. The molecule has 0 aliphatic carbocycles. The van der Waals surface area contributed by atoms with E-state index < -0.39 is 15.9 Å². The van der Waals surface area contributed by atoms with Gasteiger partial charge in [-0.25, -0.2) is 8.42 Å². The molecule has 0 saturated carbocycles. The largest absolute Gasteiger partial charge is 0.326 e. The predicted octanol–water partition coefficient (Wildman–Crippen LogP) is 3.64. The van der Waals surface area contributed by atoms with Crippen LogP contribution in [0.5, 0.6) is 0 Å². The third-order valence-corrected chi connectivity index (χ3v) is 8.35. The normalized spacial score (nSPS) is 21.0. The van der Waals surface area contributed by atoms with Gasteiger partial charge in [-0.3, -0.25) is 9.59 Å². The van der Waals surface area contributed by atoms with Crippen LogP contribution in [0.4, 0.5) is 11.4 Å². The van der Waals surface area contributed by atoms with Crippen molar-refractivity contribution in [2.45, 2.75) is 57.9 Å². The predicted molar refractivity (Wildman–Crippen MR) is 129 cm³/mol. The van der Waals surface area contributed by atoms with Crippen molar-refractivity contribution >= 4 is 33.2 Å². The summed E-state index contributed by atoms with van der Waals surface area (Å²) in [5.41, 5.74) is 4.50. The lowest BCUT2D eigenvalue weighted by Gasteiger charge is -2.31. The summed E-state index contributed by atoms with van der Waals surface area (Å²) in [5.74, 6) is -0.609. The van der Waals surface area contributed by atoms with E-state index in [-0.39, 0.29) is 29.3 Å². The number of rotatable bonds is 4. The van der Waals surface area contributed by atoms with Gasteiger partial charge in [0, 0.05) is 37.4 Å². The summed E-state index contributed by atoms with van der Waals surface area (Å²) in [5, 5.41) is 2.96. The lowest BCUT2D eigenvalue weighted by atomic mass is 9.98. The van der Waals surface area contributed by atoms with Crippen LogP contribution in [0.25, 0.3) is 0 Å². The van der Waals surface area contributed by atoms with E-state index in [0.29, 0.717) is 25.8 Å². The minimum atomic E-state index is -3.74. The summed E-state index contributed by atoms with van der Waals surface area (Å²) >= 11 is 0. The number of carbonyl (C=O) groups excluding carboxylic acids is 2. The average Bonchev–Trinajstić information content (AvgIpc) is 3.08. The number of fused-ring (bicyclic) bond motifs is 1. The van der Waals surface area contributed by atoms with Gasteiger partial charge in [0.2, 0.25) is 21.8 Å². The van der Waals surface area contributed by atoms with Gasteiger partial charge in [-0.2, -0.15) is 4.31 Å². The van der Waals surface area contributed by atoms with Gasteiger partial charge in [-0.15, -0.1) is 0 Å². The molecule has 1 saturated heterocycles. The van der Waals surface area contributed by atoms with E-state index in [1.54, 1.807) is 23.1 Å². The Balaban J connectivity index is 1.51. The Hall–Kier alpha value is -2.71. The maximum atomic E-state index is 13.4. The fourth-order valence-corrected chi connectivity index (χ4v) is 6.64. The summed E-state index contributed by atoms with van der Waals surface area (Å²) in [7, 11) is -3.74.